The number of hydrogen-bond acceptors (Lipinski definition) is 2. The molecule has 9 heavy (non-hydrogen) atoms. The Hall–Kier alpha value is -0.150. The van der Waals surface area contributed by atoms with E-state index < -0.39 is 0 Å². The monoisotopic (exact) mass is 130 g/mol. The molecule has 2 aliphatic rings. The Labute approximate surface area is 54.0 Å². The van der Waals surface area contributed by atoms with Gasteiger partial charge < -0.3 is 5.32 Å². The number of rotatable bonds is 1. The predicted molar refractivity (Wildman–Crippen MR) is 32.9 cm³/mol. The molecule has 0 aromatic heterocycles. The molecular weight excluding hydrogens is 119 g/mol. The van der Waals surface area contributed by atoms with Crippen LogP contribution in [0.1, 0.15) is 0 Å². The highest BCUT2D eigenvalue weighted by Crippen LogP contribution is 2.33. The Bertz CT molecular complexity index is 114. The molecular formula is C6H11FN2. The first-order chi connectivity index (χ1) is 4.35. The van der Waals surface area contributed by atoms with Crippen molar-refractivity contribution in [1.82, 2.24) is 10.2 Å². The molecule has 3 heteroatoms. The van der Waals surface area contributed by atoms with E-state index in [0.29, 0.717) is 5.41 Å². The third-order valence-electron chi connectivity index (χ3n) is 2.29. The maximum absolute atomic E-state index is 11.8. The van der Waals surface area contributed by atoms with Crippen molar-refractivity contribution in [2.75, 3.05) is 33.0 Å². The third kappa shape index (κ3) is 0.682. The van der Waals surface area contributed by atoms with Crippen molar-refractivity contribution in [3.05, 3.63) is 0 Å². The van der Waals surface area contributed by atoms with Crippen LogP contribution >= 0.6 is 0 Å². The normalized spacial score (nSPS) is 31.7. The van der Waals surface area contributed by atoms with Crippen LogP contribution < -0.4 is 5.32 Å². The van der Waals surface area contributed by atoms with Crippen molar-refractivity contribution >= 4 is 0 Å². The van der Waals surface area contributed by atoms with E-state index in [1.54, 1.807) is 0 Å². The van der Waals surface area contributed by atoms with Gasteiger partial charge in [0.15, 0.2) is 0 Å². The van der Waals surface area contributed by atoms with Crippen LogP contribution in [0.25, 0.3) is 0 Å². The molecule has 2 rings (SSSR count). The fourth-order valence-corrected chi connectivity index (χ4v) is 1.69. The summed E-state index contributed by atoms with van der Waals surface area (Å²) in [4.78, 5) is 1.83. The first-order valence-corrected chi connectivity index (χ1v) is 3.34. The van der Waals surface area contributed by atoms with Gasteiger partial charge in [0.1, 0.15) is 6.80 Å². The smallest absolute Gasteiger partial charge is 0.143 e. The Morgan fingerprint density at radius 1 is 1.44 bits per heavy atom. The standard InChI is InChI=1S/C6H11FN2/c7-5-9-3-6(4-9)1-8-2-6/h8H,1-5H2. The summed E-state index contributed by atoms with van der Waals surface area (Å²) in [6.45, 7) is 3.88. The van der Waals surface area contributed by atoms with Gasteiger partial charge in [-0.3, -0.25) is 4.90 Å². The maximum atomic E-state index is 11.8. The van der Waals surface area contributed by atoms with Crippen molar-refractivity contribution < 1.29 is 4.39 Å². The minimum atomic E-state index is -0.262. The lowest BCUT2D eigenvalue weighted by atomic mass is 9.75. The summed E-state index contributed by atoms with van der Waals surface area (Å²) in [6, 6.07) is 0. The highest BCUT2D eigenvalue weighted by Gasteiger charge is 2.47. The van der Waals surface area contributed by atoms with Gasteiger partial charge in [0, 0.05) is 31.6 Å². The summed E-state index contributed by atoms with van der Waals surface area (Å²) in [7, 11) is 0. The molecule has 0 atom stereocenters. The number of hydrogen-bond donors (Lipinski definition) is 1. The van der Waals surface area contributed by atoms with Crippen molar-refractivity contribution in [1.29, 1.82) is 0 Å². The van der Waals surface area contributed by atoms with Gasteiger partial charge in [0.2, 0.25) is 0 Å². The molecule has 1 spiro atoms. The third-order valence-corrected chi connectivity index (χ3v) is 2.29. The first kappa shape index (κ1) is 5.62. The van der Waals surface area contributed by atoms with Gasteiger partial charge in [-0.1, -0.05) is 0 Å². The van der Waals surface area contributed by atoms with E-state index in [2.05, 4.69) is 5.32 Å². The van der Waals surface area contributed by atoms with Gasteiger partial charge in [-0.05, 0) is 0 Å². The Morgan fingerprint density at radius 3 is 2.44 bits per heavy atom. The van der Waals surface area contributed by atoms with E-state index in [9.17, 15) is 4.39 Å². The van der Waals surface area contributed by atoms with E-state index in [1.165, 1.54) is 0 Å². The molecule has 52 valence electrons. The highest BCUT2D eigenvalue weighted by atomic mass is 19.1. The van der Waals surface area contributed by atoms with Crippen LogP contribution in [0.5, 0.6) is 0 Å². The minimum absolute atomic E-state index is 0.262. The van der Waals surface area contributed by atoms with Crippen LogP contribution in [-0.4, -0.2) is 37.9 Å². The summed E-state index contributed by atoms with van der Waals surface area (Å²) in [5, 5.41) is 3.20. The fourth-order valence-electron chi connectivity index (χ4n) is 1.69. The predicted octanol–water partition coefficient (Wildman–Crippen LogP) is -0.181. The Kier molecular flexibility index (Phi) is 1.04. The number of alkyl halides is 1. The fraction of sp³-hybridized carbons (Fsp3) is 1.00. The number of likely N-dealkylation sites (tertiary alicyclic amines) is 1. The zero-order valence-corrected chi connectivity index (χ0v) is 5.36. The van der Waals surface area contributed by atoms with Crippen LogP contribution in [0.3, 0.4) is 0 Å². The van der Waals surface area contributed by atoms with E-state index >= 15 is 0 Å². The van der Waals surface area contributed by atoms with Crippen LogP contribution in [-0.2, 0) is 0 Å². The minimum Gasteiger partial charge on any atom is -0.315 e. The van der Waals surface area contributed by atoms with Gasteiger partial charge in [0.25, 0.3) is 0 Å². The van der Waals surface area contributed by atoms with Gasteiger partial charge >= 0.3 is 0 Å². The number of halogens is 1. The second-order valence-electron chi connectivity index (χ2n) is 3.21. The average molecular weight is 130 g/mol. The molecule has 2 saturated heterocycles. The average Bonchev–Trinajstić information content (AvgIpc) is 1.59. The lowest BCUT2D eigenvalue weighted by molar-refractivity contribution is -0.0604. The SMILES string of the molecule is FCN1CC2(CNC2)C1. The van der Waals surface area contributed by atoms with Crippen molar-refractivity contribution in [2.24, 2.45) is 5.41 Å². The highest BCUT2D eigenvalue weighted by molar-refractivity contribution is 5.03. The number of nitrogens with one attached hydrogen (secondary N) is 1. The van der Waals surface area contributed by atoms with Gasteiger partial charge in [-0.2, -0.15) is 0 Å². The van der Waals surface area contributed by atoms with Crippen LogP contribution in [0.2, 0.25) is 0 Å². The van der Waals surface area contributed by atoms with Crippen LogP contribution in [0, 0.1) is 5.41 Å². The second-order valence-corrected chi connectivity index (χ2v) is 3.21. The Balaban J connectivity index is 1.82. The zero-order valence-electron chi connectivity index (χ0n) is 5.36. The summed E-state index contributed by atoms with van der Waals surface area (Å²) < 4.78 is 11.8. The molecule has 1 N–H and O–H groups in total. The molecule has 0 aromatic carbocycles. The topological polar surface area (TPSA) is 15.3 Å². The van der Waals surface area contributed by atoms with E-state index in [4.69, 9.17) is 0 Å². The van der Waals surface area contributed by atoms with Gasteiger partial charge in [0.05, 0.1) is 0 Å². The lowest BCUT2D eigenvalue weighted by Gasteiger charge is -2.55. The summed E-state index contributed by atoms with van der Waals surface area (Å²) in [5.74, 6) is 0. The second kappa shape index (κ2) is 1.67. The molecule has 0 saturated carbocycles. The van der Waals surface area contributed by atoms with Crippen molar-refractivity contribution in [2.45, 2.75) is 0 Å². The molecule has 0 radical (unpaired) electrons. The molecule has 0 aromatic rings. The molecule has 2 aliphatic heterocycles. The lowest BCUT2D eigenvalue weighted by Crippen LogP contribution is -2.70. The molecule has 2 nitrogen and oxygen atoms in total. The molecule has 2 heterocycles. The molecule has 0 aliphatic carbocycles. The Morgan fingerprint density at radius 2 is 2.11 bits per heavy atom. The molecule has 0 bridgehead atoms. The molecule has 0 amide bonds. The summed E-state index contributed by atoms with van der Waals surface area (Å²) in [6.07, 6.45) is 0. The van der Waals surface area contributed by atoms with Crippen LogP contribution in [0.4, 0.5) is 4.39 Å². The quantitative estimate of drug-likeness (QED) is 0.495. The first-order valence-electron chi connectivity index (χ1n) is 3.34. The number of nitrogens with zero attached hydrogens (tertiary/aromatic N) is 1. The van der Waals surface area contributed by atoms with Gasteiger partial charge in [-0.15, -0.1) is 0 Å². The van der Waals surface area contributed by atoms with Gasteiger partial charge in [-0.25, -0.2) is 4.39 Å². The maximum Gasteiger partial charge on any atom is 0.143 e. The van der Waals surface area contributed by atoms with E-state index in [1.807, 2.05) is 4.90 Å². The van der Waals surface area contributed by atoms with Crippen molar-refractivity contribution in [3.63, 3.8) is 0 Å². The summed E-state index contributed by atoms with van der Waals surface area (Å²) in [5.41, 5.74) is 0.492. The zero-order chi connectivity index (χ0) is 6.32. The van der Waals surface area contributed by atoms with Crippen molar-refractivity contribution in [3.8, 4) is 0 Å². The molecule has 2 fully saturated rings. The molecule has 0 unspecified atom stereocenters. The van der Waals surface area contributed by atoms with Crippen LogP contribution in [0.15, 0.2) is 0 Å². The van der Waals surface area contributed by atoms with E-state index in [0.717, 1.165) is 26.2 Å². The van der Waals surface area contributed by atoms with E-state index in [-0.39, 0.29) is 6.80 Å². The summed E-state index contributed by atoms with van der Waals surface area (Å²) >= 11 is 0. The largest absolute Gasteiger partial charge is 0.315 e.